The molecular weight excluding hydrogens is 225 g/mol. The summed E-state index contributed by atoms with van der Waals surface area (Å²) in [4.78, 5) is 0. The first-order valence-electron chi connectivity index (χ1n) is 3.49. The second kappa shape index (κ2) is 3.19. The van der Waals surface area contributed by atoms with Crippen LogP contribution in [0.1, 0.15) is 5.56 Å². The Hall–Kier alpha value is -0.750. The smallest absolute Gasteiger partial charge is 0.101 e. The monoisotopic (exact) mass is 227 g/mol. The predicted molar refractivity (Wildman–Crippen MR) is 56.6 cm³/mol. The van der Waals surface area contributed by atoms with Crippen molar-refractivity contribution >= 4 is 44.6 Å². The van der Waals surface area contributed by atoms with Gasteiger partial charge in [0.15, 0.2) is 0 Å². The van der Waals surface area contributed by atoms with Crippen LogP contribution in [0.4, 0.5) is 0 Å². The predicted octanol–water partition coefficient (Wildman–Crippen LogP) is 4.08. The first-order valence-corrected chi connectivity index (χ1v) is 5.13. The van der Waals surface area contributed by atoms with E-state index < -0.39 is 0 Å². The van der Waals surface area contributed by atoms with Gasteiger partial charge in [-0.15, -0.1) is 11.3 Å². The largest absolute Gasteiger partial charge is 0.192 e. The van der Waals surface area contributed by atoms with Crippen molar-refractivity contribution in [3.05, 3.63) is 33.1 Å². The van der Waals surface area contributed by atoms with Crippen LogP contribution in [0.5, 0.6) is 0 Å². The van der Waals surface area contributed by atoms with Crippen molar-refractivity contribution in [1.82, 2.24) is 0 Å². The van der Waals surface area contributed by atoms with Crippen LogP contribution in [-0.4, -0.2) is 0 Å². The van der Waals surface area contributed by atoms with Crippen LogP contribution >= 0.6 is 34.5 Å². The molecule has 0 N–H and O–H groups in total. The third kappa shape index (κ3) is 1.30. The number of hydrogen-bond acceptors (Lipinski definition) is 2. The Kier molecular flexibility index (Phi) is 2.17. The van der Waals surface area contributed by atoms with E-state index in [0.29, 0.717) is 15.6 Å². The van der Waals surface area contributed by atoms with E-state index in [9.17, 15) is 0 Å². The van der Waals surface area contributed by atoms with E-state index >= 15 is 0 Å². The molecule has 1 aromatic heterocycles. The van der Waals surface area contributed by atoms with Crippen molar-refractivity contribution in [2.45, 2.75) is 0 Å². The van der Waals surface area contributed by atoms with E-state index in [1.54, 1.807) is 6.07 Å². The van der Waals surface area contributed by atoms with Gasteiger partial charge >= 0.3 is 0 Å². The summed E-state index contributed by atoms with van der Waals surface area (Å²) in [5.41, 5.74) is 0.428. The lowest BCUT2D eigenvalue weighted by Crippen LogP contribution is -1.77. The van der Waals surface area contributed by atoms with Crippen LogP contribution in [-0.2, 0) is 0 Å². The molecule has 2 rings (SSSR count). The van der Waals surface area contributed by atoms with Crippen LogP contribution in [0, 0.1) is 11.3 Å². The molecule has 0 fully saturated rings. The summed E-state index contributed by atoms with van der Waals surface area (Å²) in [7, 11) is 0. The highest BCUT2D eigenvalue weighted by Crippen LogP contribution is 2.36. The van der Waals surface area contributed by atoms with Gasteiger partial charge in [0.2, 0.25) is 0 Å². The Labute approximate surface area is 89.1 Å². The Morgan fingerprint density at radius 1 is 1.38 bits per heavy atom. The van der Waals surface area contributed by atoms with Gasteiger partial charge in [0.1, 0.15) is 6.07 Å². The lowest BCUT2D eigenvalue weighted by Gasteiger charge is -1.98. The molecule has 0 aliphatic rings. The van der Waals surface area contributed by atoms with Crippen molar-refractivity contribution in [1.29, 1.82) is 5.26 Å². The maximum absolute atomic E-state index is 8.75. The van der Waals surface area contributed by atoms with Gasteiger partial charge in [0.25, 0.3) is 0 Å². The molecule has 1 heterocycles. The molecule has 1 aromatic carbocycles. The Morgan fingerprint density at radius 3 is 2.85 bits per heavy atom. The molecule has 0 unspecified atom stereocenters. The lowest BCUT2D eigenvalue weighted by atomic mass is 10.2. The minimum absolute atomic E-state index is 0.428. The molecule has 0 spiro atoms. The summed E-state index contributed by atoms with van der Waals surface area (Å²) in [5, 5.41) is 12.6. The van der Waals surface area contributed by atoms with Gasteiger partial charge in [-0.25, -0.2) is 0 Å². The molecule has 0 saturated carbocycles. The number of nitriles is 1. The molecule has 0 atom stereocenters. The SMILES string of the molecule is N#Cc1cc(Cl)c2sccc2c1Cl. The Morgan fingerprint density at radius 2 is 2.15 bits per heavy atom. The number of thiophene rings is 1. The standard InChI is InChI=1S/C9H3Cl2NS/c10-7-3-5(4-12)8(11)6-1-2-13-9(6)7/h1-3H. The zero-order valence-electron chi connectivity index (χ0n) is 6.34. The first kappa shape index (κ1) is 8.83. The van der Waals surface area contributed by atoms with Crippen molar-refractivity contribution in [3.63, 3.8) is 0 Å². The van der Waals surface area contributed by atoms with Crippen molar-refractivity contribution in [3.8, 4) is 6.07 Å². The molecule has 64 valence electrons. The van der Waals surface area contributed by atoms with Crippen LogP contribution in [0.25, 0.3) is 10.1 Å². The second-order valence-corrected chi connectivity index (χ2v) is 4.20. The summed E-state index contributed by atoms with van der Waals surface area (Å²) in [6.07, 6.45) is 0. The molecule has 2 aromatic rings. The normalized spacial score (nSPS) is 10.2. The minimum Gasteiger partial charge on any atom is -0.192 e. The highest BCUT2D eigenvalue weighted by Gasteiger charge is 2.09. The number of rotatable bonds is 0. The van der Waals surface area contributed by atoms with Gasteiger partial charge in [-0.1, -0.05) is 23.2 Å². The average molecular weight is 228 g/mol. The van der Waals surface area contributed by atoms with Gasteiger partial charge in [-0.2, -0.15) is 5.26 Å². The average Bonchev–Trinajstić information content (AvgIpc) is 2.60. The first-order chi connectivity index (χ1) is 6.24. The zero-order chi connectivity index (χ0) is 9.42. The van der Waals surface area contributed by atoms with Crippen molar-refractivity contribution in [2.24, 2.45) is 0 Å². The minimum atomic E-state index is 0.428. The summed E-state index contributed by atoms with van der Waals surface area (Å²) in [6, 6.07) is 5.48. The molecular formula is C9H3Cl2NS. The Balaban J connectivity index is 2.95. The number of fused-ring (bicyclic) bond motifs is 1. The van der Waals surface area contributed by atoms with E-state index in [1.165, 1.54) is 11.3 Å². The summed E-state index contributed by atoms with van der Waals surface area (Å²) >= 11 is 13.5. The Bertz CT molecular complexity index is 510. The molecule has 0 bridgehead atoms. The molecule has 4 heteroatoms. The summed E-state index contributed by atoms with van der Waals surface area (Å²) in [6.45, 7) is 0. The number of hydrogen-bond donors (Lipinski definition) is 0. The highest BCUT2D eigenvalue weighted by molar-refractivity contribution is 7.18. The van der Waals surface area contributed by atoms with Crippen LogP contribution in [0.15, 0.2) is 17.5 Å². The molecule has 1 nitrogen and oxygen atoms in total. The molecule has 0 amide bonds. The lowest BCUT2D eigenvalue weighted by molar-refractivity contribution is 1.50. The molecule has 0 aliphatic heterocycles. The highest BCUT2D eigenvalue weighted by atomic mass is 35.5. The van der Waals surface area contributed by atoms with Crippen molar-refractivity contribution < 1.29 is 0 Å². The molecule has 0 aliphatic carbocycles. The fraction of sp³-hybridized carbons (Fsp3) is 0. The third-order valence-corrected chi connectivity index (χ3v) is 3.51. The third-order valence-electron chi connectivity index (χ3n) is 1.75. The number of halogens is 2. The molecule has 0 radical (unpaired) electrons. The van der Waals surface area contributed by atoms with Gasteiger partial charge in [-0.05, 0) is 17.5 Å². The maximum Gasteiger partial charge on any atom is 0.101 e. The fourth-order valence-electron chi connectivity index (χ4n) is 1.15. The zero-order valence-corrected chi connectivity index (χ0v) is 8.67. The van der Waals surface area contributed by atoms with Gasteiger partial charge in [-0.3, -0.25) is 0 Å². The van der Waals surface area contributed by atoms with E-state index in [1.807, 2.05) is 17.5 Å². The topological polar surface area (TPSA) is 23.8 Å². The molecule has 13 heavy (non-hydrogen) atoms. The number of benzene rings is 1. The maximum atomic E-state index is 8.75. The fourth-order valence-corrected chi connectivity index (χ4v) is 2.61. The number of nitrogens with zero attached hydrogens (tertiary/aromatic N) is 1. The molecule has 0 saturated heterocycles. The van der Waals surface area contributed by atoms with Gasteiger partial charge < -0.3 is 0 Å². The second-order valence-electron chi connectivity index (χ2n) is 2.50. The van der Waals surface area contributed by atoms with Gasteiger partial charge in [0, 0.05) is 5.39 Å². The van der Waals surface area contributed by atoms with E-state index in [0.717, 1.165) is 10.1 Å². The van der Waals surface area contributed by atoms with Crippen LogP contribution in [0.2, 0.25) is 10.0 Å². The summed E-state index contributed by atoms with van der Waals surface area (Å²) < 4.78 is 0.936. The quantitative estimate of drug-likeness (QED) is 0.666. The van der Waals surface area contributed by atoms with E-state index in [4.69, 9.17) is 28.5 Å². The van der Waals surface area contributed by atoms with Crippen LogP contribution < -0.4 is 0 Å². The van der Waals surface area contributed by atoms with Gasteiger partial charge in [0.05, 0.1) is 20.3 Å². The van der Waals surface area contributed by atoms with Crippen LogP contribution in [0.3, 0.4) is 0 Å². The summed E-state index contributed by atoms with van der Waals surface area (Å²) in [5.74, 6) is 0. The van der Waals surface area contributed by atoms with Crippen molar-refractivity contribution in [2.75, 3.05) is 0 Å². The van der Waals surface area contributed by atoms with E-state index in [2.05, 4.69) is 0 Å². The van der Waals surface area contributed by atoms with E-state index in [-0.39, 0.29) is 0 Å².